The van der Waals surface area contributed by atoms with Crippen LogP contribution in [-0.4, -0.2) is 17.8 Å². The van der Waals surface area contributed by atoms with Gasteiger partial charge in [-0.25, -0.2) is 13.1 Å². The lowest BCUT2D eigenvalue weighted by Crippen LogP contribution is -2.23. The summed E-state index contributed by atoms with van der Waals surface area (Å²) in [5, 5.41) is 0.290. The first-order valence-electron chi connectivity index (χ1n) is 7.54. The van der Waals surface area contributed by atoms with Gasteiger partial charge >= 0.3 is 0 Å². The summed E-state index contributed by atoms with van der Waals surface area (Å²) in [7, 11) is -2.38. The molecule has 136 valence electrons. The van der Waals surface area contributed by atoms with Gasteiger partial charge in [-0.05, 0) is 37.3 Å². The lowest BCUT2D eigenvalue weighted by atomic mass is 10.3. The number of benzene rings is 2. The van der Waals surface area contributed by atoms with Crippen LogP contribution in [0.25, 0.3) is 5.69 Å². The summed E-state index contributed by atoms with van der Waals surface area (Å²) < 4.78 is 30.7. The molecule has 9 heteroatoms. The minimum Gasteiger partial charge on any atom is -0.283 e. The lowest BCUT2D eigenvalue weighted by Gasteiger charge is -2.08. The van der Waals surface area contributed by atoms with Gasteiger partial charge in [-0.1, -0.05) is 41.4 Å². The molecule has 1 N–H and O–H groups in total. The Kier molecular flexibility index (Phi) is 4.88. The van der Waals surface area contributed by atoms with Gasteiger partial charge in [0.15, 0.2) is 0 Å². The van der Waals surface area contributed by atoms with E-state index in [0.717, 1.165) is 0 Å². The van der Waals surface area contributed by atoms with Crippen molar-refractivity contribution in [1.29, 1.82) is 0 Å². The van der Waals surface area contributed by atoms with Gasteiger partial charge < -0.3 is 0 Å². The fourth-order valence-corrected chi connectivity index (χ4v) is 4.46. The van der Waals surface area contributed by atoms with E-state index in [1.807, 2.05) is 6.07 Å². The van der Waals surface area contributed by atoms with Crippen molar-refractivity contribution in [3.8, 4) is 5.69 Å². The molecule has 3 aromatic rings. The lowest BCUT2D eigenvalue weighted by molar-refractivity contribution is 0.601. The van der Waals surface area contributed by atoms with Gasteiger partial charge in [-0.2, -0.15) is 0 Å². The Labute approximate surface area is 160 Å². The van der Waals surface area contributed by atoms with Crippen molar-refractivity contribution in [2.24, 2.45) is 7.05 Å². The van der Waals surface area contributed by atoms with Crippen molar-refractivity contribution < 1.29 is 8.42 Å². The normalized spacial score (nSPS) is 11.5. The zero-order chi connectivity index (χ0) is 19.1. The molecule has 0 aliphatic heterocycles. The Morgan fingerprint density at radius 1 is 1.04 bits per heavy atom. The Bertz CT molecular complexity index is 1140. The molecular weight excluding hydrogens is 397 g/mol. The monoisotopic (exact) mass is 411 g/mol. The molecule has 0 amide bonds. The molecule has 0 atom stereocenters. The van der Waals surface area contributed by atoms with Crippen LogP contribution in [0.3, 0.4) is 0 Å². The maximum absolute atomic E-state index is 12.8. The highest BCUT2D eigenvalue weighted by Gasteiger charge is 2.24. The first-order chi connectivity index (χ1) is 12.2. The number of anilines is 1. The highest BCUT2D eigenvalue weighted by molar-refractivity contribution is 7.92. The molecule has 0 bridgehead atoms. The van der Waals surface area contributed by atoms with E-state index in [0.29, 0.717) is 16.4 Å². The Morgan fingerprint density at radius 2 is 1.69 bits per heavy atom. The predicted molar refractivity (Wildman–Crippen MR) is 103 cm³/mol. The van der Waals surface area contributed by atoms with Gasteiger partial charge in [0, 0.05) is 12.1 Å². The number of nitrogens with zero attached hydrogens (tertiary/aromatic N) is 2. The van der Waals surface area contributed by atoms with Crippen molar-refractivity contribution in [3.05, 3.63) is 74.6 Å². The van der Waals surface area contributed by atoms with Gasteiger partial charge in [-0.3, -0.25) is 14.2 Å². The van der Waals surface area contributed by atoms with Crippen LogP contribution in [-0.2, 0) is 17.1 Å². The topological polar surface area (TPSA) is 73.1 Å². The summed E-state index contributed by atoms with van der Waals surface area (Å²) in [5.41, 5.74) is 0.567. The van der Waals surface area contributed by atoms with Gasteiger partial charge in [0.2, 0.25) is 0 Å². The van der Waals surface area contributed by atoms with E-state index in [1.165, 1.54) is 22.9 Å². The zero-order valence-electron chi connectivity index (χ0n) is 13.9. The molecule has 3 rings (SSSR count). The van der Waals surface area contributed by atoms with Crippen molar-refractivity contribution >= 4 is 38.9 Å². The quantitative estimate of drug-likeness (QED) is 0.712. The van der Waals surface area contributed by atoms with Crippen LogP contribution in [0.2, 0.25) is 10.0 Å². The summed E-state index contributed by atoms with van der Waals surface area (Å²) in [6.45, 7) is 1.65. The third-order valence-corrected chi connectivity index (χ3v) is 6.04. The highest BCUT2D eigenvalue weighted by atomic mass is 35.5. The van der Waals surface area contributed by atoms with Crippen molar-refractivity contribution in [2.45, 2.75) is 11.8 Å². The molecule has 0 aliphatic carbocycles. The third kappa shape index (κ3) is 3.25. The van der Waals surface area contributed by atoms with E-state index in [2.05, 4.69) is 4.72 Å². The molecule has 0 saturated heterocycles. The number of para-hydroxylation sites is 1. The molecular formula is C17H15Cl2N3O3S. The molecule has 6 nitrogen and oxygen atoms in total. The number of rotatable bonds is 4. The van der Waals surface area contributed by atoms with E-state index in [1.54, 1.807) is 42.9 Å². The molecule has 0 radical (unpaired) electrons. The van der Waals surface area contributed by atoms with Gasteiger partial charge in [0.05, 0.1) is 16.4 Å². The van der Waals surface area contributed by atoms with Crippen LogP contribution in [0.15, 0.2) is 58.2 Å². The largest absolute Gasteiger partial charge is 0.296 e. The molecule has 0 spiro atoms. The van der Waals surface area contributed by atoms with Crippen LogP contribution in [0.4, 0.5) is 5.69 Å². The van der Waals surface area contributed by atoms with E-state index in [9.17, 15) is 13.2 Å². The molecule has 0 aliphatic rings. The van der Waals surface area contributed by atoms with Crippen LogP contribution < -0.4 is 10.3 Å². The number of sulfonamides is 1. The fourth-order valence-electron chi connectivity index (χ4n) is 2.57. The summed E-state index contributed by atoms with van der Waals surface area (Å²) in [6.07, 6.45) is 0. The zero-order valence-corrected chi connectivity index (χ0v) is 16.2. The van der Waals surface area contributed by atoms with Crippen LogP contribution in [0.1, 0.15) is 5.69 Å². The molecule has 1 heterocycles. The van der Waals surface area contributed by atoms with Crippen molar-refractivity contribution in [1.82, 2.24) is 9.36 Å². The molecule has 0 saturated carbocycles. The van der Waals surface area contributed by atoms with E-state index >= 15 is 0 Å². The van der Waals surface area contributed by atoms with Crippen LogP contribution in [0, 0.1) is 6.92 Å². The summed E-state index contributed by atoms with van der Waals surface area (Å²) >= 11 is 11.8. The number of aromatic nitrogens is 2. The number of hydrogen-bond acceptors (Lipinski definition) is 3. The first-order valence-corrected chi connectivity index (χ1v) is 9.78. The van der Waals surface area contributed by atoms with Gasteiger partial charge in [-0.15, -0.1) is 0 Å². The molecule has 0 unspecified atom stereocenters. The molecule has 1 aromatic heterocycles. The fraction of sp³-hybridized carbons (Fsp3) is 0.118. The number of hydrogen-bond donors (Lipinski definition) is 1. The second-order valence-corrected chi connectivity index (χ2v) is 8.11. The van der Waals surface area contributed by atoms with Crippen LogP contribution >= 0.6 is 23.2 Å². The summed E-state index contributed by atoms with van der Waals surface area (Å²) in [4.78, 5) is 12.7. The molecule has 2 aromatic carbocycles. The second-order valence-electron chi connectivity index (χ2n) is 5.62. The average molecular weight is 412 g/mol. The average Bonchev–Trinajstić information content (AvgIpc) is 2.78. The molecule has 0 fully saturated rings. The van der Waals surface area contributed by atoms with Crippen LogP contribution in [0.5, 0.6) is 0 Å². The van der Waals surface area contributed by atoms with Crippen molar-refractivity contribution in [3.63, 3.8) is 0 Å². The highest BCUT2D eigenvalue weighted by Crippen LogP contribution is 2.27. The standard InChI is InChI=1S/C17H15Cl2N3O3S/c1-11-16(17(23)22(21(11)2)13-6-4-3-5-7-13)20-26(24,25)15-9-8-12(18)10-14(15)19/h3-10,20H,1-2H3. The minimum atomic E-state index is -4.06. The van der Waals surface area contributed by atoms with E-state index < -0.39 is 15.6 Å². The maximum atomic E-state index is 12.8. The predicted octanol–water partition coefficient (Wildman–Crippen LogP) is 3.59. The number of halogens is 2. The van der Waals surface area contributed by atoms with E-state index in [4.69, 9.17) is 23.2 Å². The van der Waals surface area contributed by atoms with Gasteiger partial charge in [0.1, 0.15) is 10.6 Å². The summed E-state index contributed by atoms with van der Waals surface area (Å²) in [6, 6.07) is 13.0. The smallest absolute Gasteiger partial charge is 0.283 e. The van der Waals surface area contributed by atoms with Gasteiger partial charge in [0.25, 0.3) is 15.6 Å². The Balaban J connectivity index is 2.10. The van der Waals surface area contributed by atoms with Crippen molar-refractivity contribution in [2.75, 3.05) is 4.72 Å². The van der Waals surface area contributed by atoms with E-state index in [-0.39, 0.29) is 15.6 Å². The Morgan fingerprint density at radius 3 is 2.31 bits per heavy atom. The second kappa shape index (κ2) is 6.83. The maximum Gasteiger partial charge on any atom is 0.296 e. The summed E-state index contributed by atoms with van der Waals surface area (Å²) in [5.74, 6) is 0. The third-order valence-electron chi connectivity index (χ3n) is 3.97. The first kappa shape index (κ1) is 18.6. The SMILES string of the molecule is Cc1c(NS(=O)(=O)c2ccc(Cl)cc2Cl)c(=O)n(-c2ccccc2)n1C. The minimum absolute atomic E-state index is 0.0260. The Hall–Kier alpha value is -2.22. The number of nitrogens with one attached hydrogen (secondary N) is 1. The molecule has 26 heavy (non-hydrogen) atoms.